The smallest absolute Gasteiger partial charge is 0.306 e. The first-order valence-electron chi connectivity index (χ1n) is 4.91. The molecule has 15 heavy (non-hydrogen) atoms. The highest BCUT2D eigenvalue weighted by Crippen LogP contribution is 2.40. The first kappa shape index (κ1) is 10.2. The van der Waals surface area contributed by atoms with Crippen LogP contribution in [0.5, 0.6) is 0 Å². The molecule has 1 heterocycles. The van der Waals surface area contributed by atoms with Crippen LogP contribution < -0.4 is 0 Å². The molecule has 5 heteroatoms. The Balaban J connectivity index is 2.46. The molecule has 1 aliphatic carbocycles. The van der Waals surface area contributed by atoms with Crippen molar-refractivity contribution in [2.75, 3.05) is 0 Å². The molecule has 1 aliphatic rings. The predicted molar refractivity (Wildman–Crippen MR) is 52.4 cm³/mol. The standard InChI is InChI=1S/C10H14N2O3/c1-6-9-7(11-12(6)2)3-4-10(9,15)5-8(13)14/h15H,3-5H2,1-2H3,(H,13,14). The lowest BCUT2D eigenvalue weighted by molar-refractivity contribution is -0.142. The van der Waals surface area contributed by atoms with E-state index >= 15 is 0 Å². The molecule has 82 valence electrons. The number of aliphatic carboxylic acids is 1. The summed E-state index contributed by atoms with van der Waals surface area (Å²) in [6, 6.07) is 0. The van der Waals surface area contributed by atoms with E-state index in [-0.39, 0.29) is 6.42 Å². The zero-order valence-electron chi connectivity index (χ0n) is 8.82. The van der Waals surface area contributed by atoms with E-state index in [4.69, 9.17) is 5.11 Å². The summed E-state index contributed by atoms with van der Waals surface area (Å²) in [5, 5.41) is 23.3. The molecule has 0 amide bonds. The van der Waals surface area contributed by atoms with Crippen molar-refractivity contribution in [3.05, 3.63) is 17.0 Å². The van der Waals surface area contributed by atoms with Gasteiger partial charge in [0.25, 0.3) is 0 Å². The average molecular weight is 210 g/mol. The Kier molecular flexibility index (Phi) is 2.08. The van der Waals surface area contributed by atoms with Crippen molar-refractivity contribution in [2.45, 2.75) is 31.8 Å². The maximum absolute atomic E-state index is 10.7. The van der Waals surface area contributed by atoms with Gasteiger partial charge in [-0.2, -0.15) is 5.10 Å². The van der Waals surface area contributed by atoms with Crippen molar-refractivity contribution in [3.8, 4) is 0 Å². The molecular formula is C10H14N2O3. The van der Waals surface area contributed by atoms with E-state index in [0.717, 1.165) is 11.4 Å². The SMILES string of the molecule is Cc1c2c(nn1C)CCC2(O)CC(=O)O. The van der Waals surface area contributed by atoms with Gasteiger partial charge in [0.15, 0.2) is 0 Å². The van der Waals surface area contributed by atoms with Crippen molar-refractivity contribution in [1.29, 1.82) is 0 Å². The van der Waals surface area contributed by atoms with Gasteiger partial charge in [0, 0.05) is 18.3 Å². The number of aromatic nitrogens is 2. The van der Waals surface area contributed by atoms with E-state index in [1.807, 2.05) is 6.92 Å². The quantitative estimate of drug-likeness (QED) is 0.738. The molecule has 0 radical (unpaired) electrons. The first-order chi connectivity index (χ1) is 6.94. The van der Waals surface area contributed by atoms with Gasteiger partial charge in [0.1, 0.15) is 5.60 Å². The summed E-state index contributed by atoms with van der Waals surface area (Å²) in [7, 11) is 1.80. The Morgan fingerprint density at radius 3 is 2.93 bits per heavy atom. The molecule has 2 N–H and O–H groups in total. The van der Waals surface area contributed by atoms with Gasteiger partial charge >= 0.3 is 5.97 Å². The summed E-state index contributed by atoms with van der Waals surface area (Å²) in [6.45, 7) is 1.85. The van der Waals surface area contributed by atoms with Crippen LogP contribution in [-0.4, -0.2) is 26.0 Å². The van der Waals surface area contributed by atoms with Crippen LogP contribution in [-0.2, 0) is 23.9 Å². The van der Waals surface area contributed by atoms with Crippen LogP contribution in [0.1, 0.15) is 29.8 Å². The fraction of sp³-hybridized carbons (Fsp3) is 0.600. The number of carboxylic acids is 1. The Hall–Kier alpha value is -1.36. The molecule has 0 saturated heterocycles. The molecule has 5 nitrogen and oxygen atoms in total. The van der Waals surface area contributed by atoms with Gasteiger partial charge in [-0.15, -0.1) is 0 Å². The summed E-state index contributed by atoms with van der Waals surface area (Å²) in [5.41, 5.74) is 1.18. The molecule has 1 aromatic rings. The summed E-state index contributed by atoms with van der Waals surface area (Å²) in [4.78, 5) is 10.7. The first-order valence-corrected chi connectivity index (χ1v) is 4.91. The van der Waals surface area contributed by atoms with E-state index in [1.54, 1.807) is 11.7 Å². The lowest BCUT2D eigenvalue weighted by Gasteiger charge is -2.21. The molecule has 1 aromatic heterocycles. The topological polar surface area (TPSA) is 75.3 Å². The fourth-order valence-corrected chi connectivity index (χ4v) is 2.33. The minimum atomic E-state index is -1.22. The third-order valence-electron chi connectivity index (χ3n) is 3.09. The fourth-order valence-electron chi connectivity index (χ4n) is 2.33. The number of aryl methyl sites for hydroxylation is 2. The molecular weight excluding hydrogens is 196 g/mol. The third-order valence-corrected chi connectivity index (χ3v) is 3.09. The van der Waals surface area contributed by atoms with E-state index in [1.165, 1.54) is 0 Å². The molecule has 0 saturated carbocycles. The lowest BCUT2D eigenvalue weighted by Crippen LogP contribution is -2.27. The minimum absolute atomic E-state index is 0.244. The molecule has 2 rings (SSSR count). The maximum Gasteiger partial charge on any atom is 0.306 e. The lowest BCUT2D eigenvalue weighted by atomic mass is 9.92. The zero-order valence-corrected chi connectivity index (χ0v) is 8.82. The third kappa shape index (κ3) is 1.43. The Labute approximate surface area is 87.3 Å². The molecule has 0 bridgehead atoms. The summed E-state index contributed by atoms with van der Waals surface area (Å²) < 4.78 is 1.69. The van der Waals surface area contributed by atoms with Crippen molar-refractivity contribution in [2.24, 2.45) is 7.05 Å². The van der Waals surface area contributed by atoms with Gasteiger partial charge < -0.3 is 10.2 Å². The van der Waals surface area contributed by atoms with Crippen molar-refractivity contribution >= 4 is 5.97 Å². The number of fused-ring (bicyclic) bond motifs is 1. The second-order valence-electron chi connectivity index (χ2n) is 4.13. The van der Waals surface area contributed by atoms with Crippen LogP contribution in [0.15, 0.2) is 0 Å². The maximum atomic E-state index is 10.7. The van der Waals surface area contributed by atoms with E-state index in [9.17, 15) is 9.90 Å². The van der Waals surface area contributed by atoms with Gasteiger partial charge in [-0.25, -0.2) is 0 Å². The van der Waals surface area contributed by atoms with Crippen LogP contribution >= 0.6 is 0 Å². The largest absolute Gasteiger partial charge is 0.481 e. The van der Waals surface area contributed by atoms with Crippen molar-refractivity contribution in [1.82, 2.24) is 9.78 Å². The Morgan fingerprint density at radius 1 is 1.67 bits per heavy atom. The predicted octanol–water partition coefficient (Wildman–Crippen LogP) is 0.337. The second-order valence-corrected chi connectivity index (χ2v) is 4.13. The van der Waals surface area contributed by atoms with E-state index < -0.39 is 11.6 Å². The molecule has 0 aliphatic heterocycles. The van der Waals surface area contributed by atoms with Crippen LogP contribution in [0.4, 0.5) is 0 Å². The number of aliphatic hydroxyl groups is 1. The number of carbonyl (C=O) groups is 1. The Morgan fingerprint density at radius 2 is 2.33 bits per heavy atom. The summed E-state index contributed by atoms with van der Waals surface area (Å²) in [6.07, 6.45) is 0.867. The molecule has 0 spiro atoms. The van der Waals surface area contributed by atoms with Crippen molar-refractivity contribution in [3.63, 3.8) is 0 Å². The minimum Gasteiger partial charge on any atom is -0.481 e. The number of rotatable bonds is 2. The van der Waals surface area contributed by atoms with E-state index in [0.29, 0.717) is 18.4 Å². The molecule has 0 aromatic carbocycles. The molecule has 0 fully saturated rings. The highest BCUT2D eigenvalue weighted by Gasteiger charge is 2.42. The zero-order chi connectivity index (χ0) is 11.2. The van der Waals surface area contributed by atoms with Crippen LogP contribution in [0.25, 0.3) is 0 Å². The van der Waals surface area contributed by atoms with Gasteiger partial charge in [0.2, 0.25) is 0 Å². The Bertz CT molecular complexity index is 425. The van der Waals surface area contributed by atoms with Gasteiger partial charge in [-0.1, -0.05) is 0 Å². The summed E-state index contributed by atoms with van der Waals surface area (Å²) in [5.74, 6) is -0.978. The molecule has 1 unspecified atom stereocenters. The monoisotopic (exact) mass is 210 g/mol. The normalized spacial score (nSPS) is 24.2. The van der Waals surface area contributed by atoms with Gasteiger partial charge in [-0.3, -0.25) is 9.48 Å². The number of hydrogen-bond acceptors (Lipinski definition) is 3. The van der Waals surface area contributed by atoms with Gasteiger partial charge in [-0.05, 0) is 19.8 Å². The van der Waals surface area contributed by atoms with Gasteiger partial charge in [0.05, 0.1) is 12.1 Å². The number of hydrogen-bond donors (Lipinski definition) is 2. The average Bonchev–Trinajstić information content (AvgIpc) is 2.54. The van der Waals surface area contributed by atoms with Crippen LogP contribution in [0, 0.1) is 6.92 Å². The number of nitrogens with zero attached hydrogens (tertiary/aromatic N) is 2. The second kappa shape index (κ2) is 3.06. The number of carboxylic acid groups (broad SMARTS) is 1. The van der Waals surface area contributed by atoms with Crippen LogP contribution in [0.3, 0.4) is 0 Å². The highest BCUT2D eigenvalue weighted by molar-refractivity contribution is 5.69. The van der Waals surface area contributed by atoms with Crippen LogP contribution in [0.2, 0.25) is 0 Å². The van der Waals surface area contributed by atoms with Crippen molar-refractivity contribution < 1.29 is 15.0 Å². The highest BCUT2D eigenvalue weighted by atomic mass is 16.4. The summed E-state index contributed by atoms with van der Waals surface area (Å²) >= 11 is 0. The van der Waals surface area contributed by atoms with E-state index in [2.05, 4.69) is 5.10 Å². The molecule has 1 atom stereocenters.